The minimum absolute atomic E-state index is 0.0367. The number of aromatic hydroxyl groups is 1. The van der Waals surface area contributed by atoms with Gasteiger partial charge < -0.3 is 14.9 Å². The zero-order valence-electron chi connectivity index (χ0n) is 18.8. The van der Waals surface area contributed by atoms with Crippen molar-refractivity contribution in [2.75, 3.05) is 0 Å². The summed E-state index contributed by atoms with van der Waals surface area (Å²) in [7, 11) is 0. The van der Waals surface area contributed by atoms with E-state index in [1.54, 1.807) is 37.3 Å². The molecule has 0 aliphatic rings. The van der Waals surface area contributed by atoms with Crippen LogP contribution in [0.5, 0.6) is 11.5 Å². The highest BCUT2D eigenvalue weighted by Gasteiger charge is 2.21. The van der Waals surface area contributed by atoms with Crippen LogP contribution in [0, 0.1) is 12.3 Å². The van der Waals surface area contributed by atoms with Crippen LogP contribution in [-0.2, 0) is 6.61 Å². The third-order valence-corrected chi connectivity index (χ3v) is 5.16. The Morgan fingerprint density at radius 1 is 0.938 bits per heavy atom. The van der Waals surface area contributed by atoms with E-state index < -0.39 is 5.97 Å². The van der Waals surface area contributed by atoms with Crippen LogP contribution < -0.4 is 4.74 Å². The summed E-state index contributed by atoms with van der Waals surface area (Å²) in [5.41, 5.74) is 3.60. The van der Waals surface area contributed by atoms with Gasteiger partial charge >= 0.3 is 5.97 Å². The van der Waals surface area contributed by atoms with Gasteiger partial charge in [-0.25, -0.2) is 4.79 Å². The molecule has 2 N–H and O–H groups in total. The van der Waals surface area contributed by atoms with Gasteiger partial charge in [-0.2, -0.15) is 0 Å². The number of carboxylic acids is 1. The van der Waals surface area contributed by atoms with E-state index in [1.165, 1.54) is 0 Å². The predicted molar refractivity (Wildman–Crippen MR) is 124 cm³/mol. The van der Waals surface area contributed by atoms with Crippen molar-refractivity contribution in [2.24, 2.45) is 5.41 Å². The Morgan fingerprint density at radius 3 is 2.25 bits per heavy atom. The van der Waals surface area contributed by atoms with Gasteiger partial charge in [0.2, 0.25) is 0 Å². The number of carbonyl (C=O) groups is 2. The fourth-order valence-corrected chi connectivity index (χ4v) is 3.43. The molecule has 3 rings (SSSR count). The second kappa shape index (κ2) is 9.27. The van der Waals surface area contributed by atoms with Crippen molar-refractivity contribution in [3.63, 3.8) is 0 Å². The first-order valence-electron chi connectivity index (χ1n) is 10.5. The van der Waals surface area contributed by atoms with Crippen LogP contribution >= 0.6 is 0 Å². The van der Waals surface area contributed by atoms with Crippen molar-refractivity contribution in [1.82, 2.24) is 0 Å². The molecule has 5 nitrogen and oxygen atoms in total. The van der Waals surface area contributed by atoms with Gasteiger partial charge in [0.05, 0.1) is 11.1 Å². The van der Waals surface area contributed by atoms with E-state index in [4.69, 9.17) is 9.84 Å². The molecule has 166 valence electrons. The van der Waals surface area contributed by atoms with Crippen LogP contribution in [0.3, 0.4) is 0 Å². The number of phenols is 1. The lowest BCUT2D eigenvalue weighted by Gasteiger charge is -2.18. The van der Waals surface area contributed by atoms with Crippen LogP contribution in [0.15, 0.2) is 60.7 Å². The van der Waals surface area contributed by atoms with E-state index in [0.29, 0.717) is 29.9 Å². The topological polar surface area (TPSA) is 83.8 Å². The molecule has 32 heavy (non-hydrogen) atoms. The zero-order valence-corrected chi connectivity index (χ0v) is 18.8. The molecule has 0 heterocycles. The van der Waals surface area contributed by atoms with Gasteiger partial charge in [-0.05, 0) is 53.3 Å². The third-order valence-electron chi connectivity index (χ3n) is 5.16. The monoisotopic (exact) mass is 432 g/mol. The molecule has 0 fully saturated rings. The van der Waals surface area contributed by atoms with E-state index in [0.717, 1.165) is 16.7 Å². The van der Waals surface area contributed by atoms with Gasteiger partial charge in [0.1, 0.15) is 18.1 Å². The van der Waals surface area contributed by atoms with E-state index in [1.807, 2.05) is 51.1 Å². The lowest BCUT2D eigenvalue weighted by atomic mass is 9.87. The number of rotatable bonds is 7. The standard InChI is InChI=1S/C27H28O5/c1-17-24(13-12-22(25(17)29)23(28)15-27(2,3)4)32-16-18-8-10-19(11-9-18)20-6-5-7-21(14-20)26(30)31/h5-14,29H,15-16H2,1-4H3,(H,30,31). The molecular formula is C27H28O5. The fourth-order valence-electron chi connectivity index (χ4n) is 3.43. The predicted octanol–water partition coefficient (Wildman–Crippen LogP) is 6.26. The molecule has 0 aliphatic carbocycles. The first kappa shape index (κ1) is 23.1. The van der Waals surface area contributed by atoms with Gasteiger partial charge in [0.15, 0.2) is 5.78 Å². The van der Waals surface area contributed by atoms with E-state index in [9.17, 15) is 14.7 Å². The minimum atomic E-state index is -0.957. The van der Waals surface area contributed by atoms with Crippen molar-refractivity contribution in [3.8, 4) is 22.6 Å². The van der Waals surface area contributed by atoms with Crippen LogP contribution in [-0.4, -0.2) is 22.0 Å². The first-order chi connectivity index (χ1) is 15.0. The van der Waals surface area contributed by atoms with E-state index >= 15 is 0 Å². The zero-order chi connectivity index (χ0) is 23.5. The van der Waals surface area contributed by atoms with Crippen molar-refractivity contribution in [3.05, 3.63) is 82.9 Å². The normalized spacial score (nSPS) is 11.2. The number of aromatic carboxylic acids is 1. The van der Waals surface area contributed by atoms with Gasteiger partial charge in [-0.15, -0.1) is 0 Å². The fraction of sp³-hybridized carbons (Fsp3) is 0.259. The molecule has 0 spiro atoms. The van der Waals surface area contributed by atoms with Gasteiger partial charge in [0, 0.05) is 12.0 Å². The van der Waals surface area contributed by atoms with Gasteiger partial charge in [-0.3, -0.25) is 4.79 Å². The Hall–Kier alpha value is -3.60. The quantitative estimate of drug-likeness (QED) is 0.430. The van der Waals surface area contributed by atoms with E-state index in [2.05, 4.69) is 0 Å². The first-order valence-corrected chi connectivity index (χ1v) is 10.5. The summed E-state index contributed by atoms with van der Waals surface area (Å²) in [5.74, 6) is -0.563. The number of ether oxygens (including phenoxy) is 1. The van der Waals surface area contributed by atoms with Crippen molar-refractivity contribution < 1.29 is 24.5 Å². The van der Waals surface area contributed by atoms with Crippen molar-refractivity contribution >= 4 is 11.8 Å². The molecule has 3 aromatic carbocycles. The highest BCUT2D eigenvalue weighted by molar-refractivity contribution is 5.99. The second-order valence-electron chi connectivity index (χ2n) is 9.12. The summed E-state index contributed by atoms with van der Waals surface area (Å²) in [6, 6.07) is 17.8. The Morgan fingerprint density at radius 2 is 1.62 bits per heavy atom. The maximum atomic E-state index is 12.5. The number of hydrogen-bond donors (Lipinski definition) is 2. The average Bonchev–Trinajstić information content (AvgIpc) is 2.74. The molecule has 0 saturated heterocycles. The summed E-state index contributed by atoms with van der Waals surface area (Å²) in [6.07, 6.45) is 0.349. The lowest BCUT2D eigenvalue weighted by molar-refractivity contribution is 0.0696. The second-order valence-corrected chi connectivity index (χ2v) is 9.12. The molecule has 0 radical (unpaired) electrons. The molecule has 0 aromatic heterocycles. The largest absolute Gasteiger partial charge is 0.507 e. The molecule has 5 heteroatoms. The Labute approximate surface area is 188 Å². The number of Topliss-reactive ketones (excluding diaryl/α,β-unsaturated/α-hetero) is 1. The highest BCUT2D eigenvalue weighted by atomic mass is 16.5. The maximum absolute atomic E-state index is 12.5. The number of carboxylic acid groups (broad SMARTS) is 1. The van der Waals surface area contributed by atoms with Gasteiger partial charge in [-0.1, -0.05) is 57.2 Å². The molecular weight excluding hydrogens is 404 g/mol. The smallest absolute Gasteiger partial charge is 0.335 e. The summed E-state index contributed by atoms with van der Waals surface area (Å²) < 4.78 is 5.89. The molecule has 0 saturated carbocycles. The molecule has 0 atom stereocenters. The molecule has 3 aromatic rings. The molecule has 0 unspecified atom stereocenters. The summed E-state index contributed by atoms with van der Waals surface area (Å²) in [4.78, 5) is 23.7. The summed E-state index contributed by atoms with van der Waals surface area (Å²) in [5, 5.41) is 19.7. The van der Waals surface area contributed by atoms with Crippen LogP contribution in [0.1, 0.15) is 59.0 Å². The SMILES string of the molecule is Cc1c(OCc2ccc(-c3cccc(C(=O)O)c3)cc2)ccc(C(=O)CC(C)(C)C)c1O. The van der Waals surface area contributed by atoms with E-state index in [-0.39, 0.29) is 22.5 Å². The molecule has 0 aliphatic heterocycles. The van der Waals surface area contributed by atoms with Crippen molar-refractivity contribution in [2.45, 2.75) is 40.7 Å². The summed E-state index contributed by atoms with van der Waals surface area (Å²) >= 11 is 0. The number of benzene rings is 3. The summed E-state index contributed by atoms with van der Waals surface area (Å²) in [6.45, 7) is 7.99. The van der Waals surface area contributed by atoms with Crippen LogP contribution in [0.4, 0.5) is 0 Å². The van der Waals surface area contributed by atoms with Crippen molar-refractivity contribution in [1.29, 1.82) is 0 Å². The highest BCUT2D eigenvalue weighted by Crippen LogP contribution is 2.33. The number of ketones is 1. The maximum Gasteiger partial charge on any atom is 0.335 e. The number of carbonyl (C=O) groups excluding carboxylic acids is 1. The Bertz CT molecular complexity index is 1140. The molecule has 0 amide bonds. The van der Waals surface area contributed by atoms with Crippen LogP contribution in [0.25, 0.3) is 11.1 Å². The van der Waals surface area contributed by atoms with Crippen LogP contribution in [0.2, 0.25) is 0 Å². The minimum Gasteiger partial charge on any atom is -0.507 e. The molecule has 0 bridgehead atoms. The third kappa shape index (κ3) is 5.55. The Balaban J connectivity index is 1.70. The number of hydrogen-bond acceptors (Lipinski definition) is 4. The van der Waals surface area contributed by atoms with Gasteiger partial charge in [0.25, 0.3) is 0 Å². The number of phenolic OH excluding ortho intramolecular Hbond substituents is 1. The Kier molecular flexibility index (Phi) is 6.68. The average molecular weight is 433 g/mol. The lowest BCUT2D eigenvalue weighted by Crippen LogP contribution is -2.13.